The quantitative estimate of drug-likeness (QED) is 0.254. The van der Waals surface area contributed by atoms with Crippen LogP contribution in [-0.2, 0) is 42.7 Å². The van der Waals surface area contributed by atoms with Crippen LogP contribution >= 0.6 is 0 Å². The third-order valence-corrected chi connectivity index (χ3v) is 29.5. The summed E-state index contributed by atoms with van der Waals surface area (Å²) < 4.78 is 38.7. The first-order valence-electron chi connectivity index (χ1n) is 44.7. The number of hydrogen-bond acceptors (Lipinski definition) is 10. The van der Waals surface area contributed by atoms with Gasteiger partial charge in [-0.05, 0) is 210 Å². The molecule has 7 heterocycles. The minimum atomic E-state index is -0.546. The van der Waals surface area contributed by atoms with Gasteiger partial charge in [-0.1, -0.05) is 258 Å². The fourth-order valence-electron chi connectivity index (χ4n) is 23.5. The van der Waals surface area contributed by atoms with Crippen molar-refractivity contribution in [1.29, 1.82) is 0 Å². The van der Waals surface area contributed by atoms with Gasteiger partial charge in [0.25, 0.3) is 0 Å². The highest BCUT2D eigenvalue weighted by molar-refractivity contribution is 5.70. The van der Waals surface area contributed by atoms with Gasteiger partial charge < -0.3 is 37.9 Å². The van der Waals surface area contributed by atoms with Gasteiger partial charge in [-0.2, -0.15) is 0 Å². The van der Waals surface area contributed by atoms with Crippen molar-refractivity contribution in [1.82, 2.24) is 0 Å². The van der Waals surface area contributed by atoms with Crippen LogP contribution in [0.1, 0.15) is 386 Å². The van der Waals surface area contributed by atoms with Crippen molar-refractivity contribution in [3.05, 3.63) is 0 Å². The van der Waals surface area contributed by atoms with Crippen LogP contribution in [0.2, 0.25) is 0 Å². The summed E-state index contributed by atoms with van der Waals surface area (Å²) in [7, 11) is 0. The highest BCUT2D eigenvalue weighted by Gasteiger charge is 2.49. The van der Waals surface area contributed by atoms with E-state index < -0.39 is 6.16 Å². The SMILES string of the molecule is C1CC2C3CCC(C3)C2C1.C1CC2CC(C1)C2.C1CC2CCC1C2.C1CC2CCC1O2.C1CC2OCCC2O1.C1CCC(C2CCCCC2)CC1.C1CCC2CCCCC2C1.C1CCCCC1.C1COCO1.CC(C)(C1CCCCC1)C1CCCCC1.O=C1CCCO1.O=C1OCCO1. The predicted octanol–water partition coefficient (Wildman–Crippen LogP) is 24.6. The van der Waals surface area contributed by atoms with Crippen molar-refractivity contribution in [2.24, 2.45) is 88.3 Å². The van der Waals surface area contributed by atoms with Gasteiger partial charge in [0.2, 0.25) is 0 Å². The Balaban J connectivity index is 0.000000118. The summed E-state index contributed by atoms with van der Waals surface area (Å²) in [6, 6.07) is 0. The average molecular weight is 1390 g/mol. The predicted molar refractivity (Wildman–Crippen MR) is 404 cm³/mol. The standard InChI is InChI=1S/C15H28.C12H22.C10H16.C10H18.2C7H12.C6H10O2.C6H10O.C6H12.C4H6O2.C3H4O3.C3H6O2/c1-15(2,13-9-5-3-6-10-13)14-11-7-4-8-12-14;1-3-7-11(8-4-1)12-9-5-2-6-10-12;1-2-9-7-4-5-8(6-7)10(9)3-1;1-2-6-10-8-4-3-7-9(10)5-1;1-2-7-4-3-6(1)5-7;1-2-6-4-7(3-1)5-6;1-3-7-6-2-4-8-5(1)6;1-2-6-4-3-5(1)7-6;1-2-4-6-5-3-1;5-4-2-1-3-6-4;4-3-5-1-2-6-3;1-2-5-3-4-1/h13-14H,3-12H2,1-2H3;11-12H,1-10H2;7-10H,1-6H2;9-10H,1-8H2;2*6-7H,1-5H2;5-6H,1-4H2;5-6H,1-4H2;1-6H2;1-3H2;1-2H2;1-3H2. The van der Waals surface area contributed by atoms with E-state index in [-0.39, 0.29) is 5.97 Å². The van der Waals surface area contributed by atoms with Crippen molar-refractivity contribution in [3.8, 4) is 0 Å². The van der Waals surface area contributed by atoms with Gasteiger partial charge in [-0.3, -0.25) is 4.79 Å². The molecule has 6 unspecified atom stereocenters. The summed E-state index contributed by atoms with van der Waals surface area (Å²) in [4.78, 5) is 19.8. The number of rotatable bonds is 3. The van der Waals surface area contributed by atoms with Crippen LogP contribution in [0.15, 0.2) is 0 Å². The van der Waals surface area contributed by atoms with E-state index in [1.54, 1.807) is 148 Å². The highest BCUT2D eigenvalue weighted by Crippen LogP contribution is 2.59. The van der Waals surface area contributed by atoms with E-state index in [2.05, 4.69) is 28.1 Å². The van der Waals surface area contributed by atoms with E-state index in [9.17, 15) is 9.59 Å². The van der Waals surface area contributed by atoms with Gasteiger partial charge in [0.1, 0.15) is 20.0 Å². The van der Waals surface area contributed by atoms with Gasteiger partial charge in [0, 0.05) is 19.6 Å². The van der Waals surface area contributed by atoms with Crippen molar-refractivity contribution in [3.63, 3.8) is 0 Å². The Kier molecular flexibility index (Phi) is 37.1. The second-order valence-corrected chi connectivity index (χ2v) is 36.5. The lowest BCUT2D eigenvalue weighted by molar-refractivity contribution is -0.137. The topological polar surface area (TPSA) is 108 Å². The molecule has 22 aliphatic rings. The first kappa shape index (κ1) is 80.1. The van der Waals surface area contributed by atoms with E-state index in [0.717, 1.165) is 81.2 Å². The molecule has 0 amide bonds. The lowest BCUT2D eigenvalue weighted by atomic mass is 9.61. The summed E-state index contributed by atoms with van der Waals surface area (Å²) in [5.41, 5.74) is 0.640. The van der Waals surface area contributed by atoms with Crippen molar-refractivity contribution < 1.29 is 47.5 Å². The maximum absolute atomic E-state index is 10.0. The number of carbonyl (C=O) groups is 2. The van der Waals surface area contributed by atoms with Gasteiger partial charge in [0.05, 0.1) is 44.2 Å². The molecule has 0 spiro atoms. The molecule has 8 bridgehead atoms. The molecule has 22 rings (SSSR count). The Hall–Kier alpha value is -1.46. The number of hydrogen-bond donors (Lipinski definition) is 0. The van der Waals surface area contributed by atoms with E-state index in [1.807, 2.05) is 0 Å². The van der Waals surface area contributed by atoms with Gasteiger partial charge >= 0.3 is 12.1 Å². The van der Waals surface area contributed by atoms with Crippen LogP contribution < -0.4 is 0 Å². The third kappa shape index (κ3) is 28.3. The smallest absolute Gasteiger partial charge is 0.466 e. The number of carbonyl (C=O) groups excluding carboxylic acids is 2. The summed E-state index contributed by atoms with van der Waals surface area (Å²) in [5, 5.41) is 0. The molecule has 0 aromatic heterocycles. The number of esters is 1. The van der Waals surface area contributed by atoms with Crippen LogP contribution in [0.25, 0.3) is 0 Å². The average Bonchev–Trinajstić information content (AvgIpc) is 1.64. The summed E-state index contributed by atoms with van der Waals surface area (Å²) >= 11 is 0. The lowest BCUT2D eigenvalue weighted by Gasteiger charge is -2.44. The first-order valence-corrected chi connectivity index (χ1v) is 44.7. The fraction of sp³-hybridized carbons (Fsp3) is 0.978. The lowest BCUT2D eigenvalue weighted by Crippen LogP contribution is -2.35. The summed E-state index contributed by atoms with van der Waals surface area (Å²) in [6.07, 6.45) is 87.8. The van der Waals surface area contributed by atoms with E-state index in [4.69, 9.17) is 23.7 Å². The second-order valence-electron chi connectivity index (χ2n) is 36.5. The van der Waals surface area contributed by atoms with E-state index in [1.165, 1.54) is 246 Å². The maximum atomic E-state index is 10.0. The van der Waals surface area contributed by atoms with Crippen LogP contribution in [0.4, 0.5) is 4.79 Å². The Bertz CT molecular complexity index is 1870. The Morgan fingerprint density at radius 3 is 0.909 bits per heavy atom. The first-order chi connectivity index (χ1) is 48.7. The van der Waals surface area contributed by atoms with Crippen molar-refractivity contribution >= 4 is 12.1 Å². The van der Waals surface area contributed by atoms with Gasteiger partial charge in [0.15, 0.2) is 0 Å². The zero-order valence-electron chi connectivity index (χ0n) is 64.6. The molecule has 99 heavy (non-hydrogen) atoms. The second kappa shape index (κ2) is 45.9. The fourth-order valence-corrected chi connectivity index (χ4v) is 23.5. The molecule has 7 aliphatic heterocycles. The Morgan fingerprint density at radius 1 is 0.283 bits per heavy atom. The van der Waals surface area contributed by atoms with Crippen molar-refractivity contribution in [2.45, 2.75) is 411 Å². The molecular weight excluding hydrogens is 1230 g/mol. The molecule has 0 N–H and O–H groups in total. The van der Waals surface area contributed by atoms with Crippen LogP contribution in [0.5, 0.6) is 0 Å². The molecule has 7 saturated heterocycles. The van der Waals surface area contributed by atoms with E-state index >= 15 is 0 Å². The van der Waals surface area contributed by atoms with Crippen LogP contribution in [0.3, 0.4) is 0 Å². The molecule has 15 saturated carbocycles. The van der Waals surface area contributed by atoms with Crippen LogP contribution in [-0.4, -0.2) is 89.6 Å². The molecule has 15 aliphatic carbocycles. The molecular formula is C89H156O10. The number of cyclic esters (lactones) is 3. The Morgan fingerprint density at radius 2 is 0.646 bits per heavy atom. The third-order valence-electron chi connectivity index (χ3n) is 29.5. The zero-order chi connectivity index (χ0) is 68.4. The molecule has 6 atom stereocenters. The summed E-state index contributed by atoms with van der Waals surface area (Å²) in [5.74, 6) is 16.1. The molecule has 0 radical (unpaired) electrons. The zero-order valence-corrected chi connectivity index (χ0v) is 64.6. The minimum absolute atomic E-state index is 0.0463. The van der Waals surface area contributed by atoms with Crippen LogP contribution in [0, 0.1) is 88.3 Å². The highest BCUT2D eigenvalue weighted by atomic mass is 16.8. The number of ether oxygens (including phenoxy) is 8. The largest absolute Gasteiger partial charge is 0.508 e. The maximum Gasteiger partial charge on any atom is 0.508 e. The molecule has 10 heteroatoms. The minimum Gasteiger partial charge on any atom is -0.466 e. The monoisotopic (exact) mass is 1390 g/mol. The van der Waals surface area contributed by atoms with E-state index in [0.29, 0.717) is 62.9 Å². The number of fused-ring (bicyclic) bond motifs is 13. The molecule has 22 fully saturated rings. The molecule has 10 nitrogen and oxygen atoms in total. The molecule has 0 aromatic rings. The normalized spacial score (nSPS) is 36.5. The Labute approximate surface area is 608 Å². The summed E-state index contributed by atoms with van der Waals surface area (Å²) in [6.45, 7) is 10.5. The molecule has 0 aromatic carbocycles. The molecule has 572 valence electrons. The van der Waals surface area contributed by atoms with Crippen molar-refractivity contribution in [2.75, 3.05) is 53.0 Å². The van der Waals surface area contributed by atoms with Gasteiger partial charge in [-0.25, -0.2) is 4.79 Å². The van der Waals surface area contributed by atoms with Gasteiger partial charge in [-0.15, -0.1) is 0 Å².